The van der Waals surface area contributed by atoms with Crippen molar-refractivity contribution in [1.29, 1.82) is 0 Å². The molecular weight excluding hydrogens is 282 g/mol. The molecule has 1 aliphatic rings. The molecule has 0 unspecified atom stereocenters. The first-order chi connectivity index (χ1) is 9.58. The first kappa shape index (κ1) is 15.3. The van der Waals surface area contributed by atoms with Gasteiger partial charge in [-0.2, -0.15) is 0 Å². The van der Waals surface area contributed by atoms with E-state index in [4.69, 9.17) is 0 Å². The van der Waals surface area contributed by atoms with Gasteiger partial charge in [-0.25, -0.2) is 8.78 Å². The lowest BCUT2D eigenvalue weighted by atomic mass is 10.2. The van der Waals surface area contributed by atoms with Gasteiger partial charge in [-0.3, -0.25) is 4.79 Å². The summed E-state index contributed by atoms with van der Waals surface area (Å²) in [7, 11) is 0. The summed E-state index contributed by atoms with van der Waals surface area (Å²) >= 11 is 1.54. The maximum Gasteiger partial charge on any atom is 0.234 e. The number of benzene rings is 1. The van der Waals surface area contributed by atoms with Gasteiger partial charge in [0.1, 0.15) is 11.5 Å². The zero-order chi connectivity index (χ0) is 14.5. The lowest BCUT2D eigenvalue weighted by molar-refractivity contribution is -0.113. The first-order valence-electron chi connectivity index (χ1n) is 6.64. The molecule has 2 N–H and O–H groups in total. The zero-order valence-electron chi connectivity index (χ0n) is 11.3. The highest BCUT2D eigenvalue weighted by Gasteiger charge is 2.17. The van der Waals surface area contributed by atoms with Gasteiger partial charge in [0, 0.05) is 5.25 Å². The molecule has 0 aromatic heterocycles. The molecule has 1 aromatic rings. The fraction of sp³-hybridized carbons (Fsp3) is 0.500. The number of hydrogen-bond acceptors (Lipinski definition) is 3. The van der Waals surface area contributed by atoms with E-state index >= 15 is 0 Å². The minimum absolute atomic E-state index is 0.220. The Hall–Kier alpha value is -1.14. The normalized spacial score (nSPS) is 16.1. The maximum absolute atomic E-state index is 13.7. The molecule has 1 aliphatic heterocycles. The minimum Gasteiger partial charge on any atom is -0.320 e. The molecule has 0 spiro atoms. The molecule has 1 heterocycles. The Bertz CT molecular complexity index is 490. The van der Waals surface area contributed by atoms with E-state index in [9.17, 15) is 13.6 Å². The Kier molecular flexibility index (Phi) is 5.37. The number of aryl methyl sites for hydroxylation is 1. The van der Waals surface area contributed by atoms with Crippen LogP contribution in [0.4, 0.5) is 14.5 Å². The van der Waals surface area contributed by atoms with Crippen molar-refractivity contribution in [3.05, 3.63) is 29.3 Å². The zero-order valence-corrected chi connectivity index (χ0v) is 12.2. The van der Waals surface area contributed by atoms with Crippen molar-refractivity contribution in [3.63, 3.8) is 0 Å². The van der Waals surface area contributed by atoms with E-state index in [1.807, 2.05) is 0 Å². The highest BCUT2D eigenvalue weighted by Crippen LogP contribution is 2.23. The van der Waals surface area contributed by atoms with Crippen LogP contribution in [0.15, 0.2) is 12.1 Å². The average Bonchev–Trinajstić information content (AvgIpc) is 2.46. The van der Waals surface area contributed by atoms with Crippen LogP contribution in [0.3, 0.4) is 0 Å². The van der Waals surface area contributed by atoms with Crippen molar-refractivity contribution in [1.82, 2.24) is 5.32 Å². The molecule has 1 fully saturated rings. The Morgan fingerprint density at radius 2 is 2.10 bits per heavy atom. The first-order valence-corrected chi connectivity index (χ1v) is 7.69. The summed E-state index contributed by atoms with van der Waals surface area (Å²) in [4.78, 5) is 11.8. The van der Waals surface area contributed by atoms with Crippen LogP contribution in [0, 0.1) is 18.6 Å². The number of anilines is 1. The van der Waals surface area contributed by atoms with Gasteiger partial charge >= 0.3 is 0 Å². The second-order valence-corrected chi connectivity index (χ2v) is 6.15. The van der Waals surface area contributed by atoms with Gasteiger partial charge in [0.15, 0.2) is 5.82 Å². The van der Waals surface area contributed by atoms with Crippen molar-refractivity contribution >= 4 is 23.4 Å². The largest absolute Gasteiger partial charge is 0.320 e. The Balaban J connectivity index is 1.89. The fourth-order valence-electron chi connectivity index (χ4n) is 2.10. The molecule has 1 aromatic carbocycles. The second kappa shape index (κ2) is 7.04. The van der Waals surface area contributed by atoms with E-state index < -0.39 is 11.6 Å². The molecule has 0 saturated carbocycles. The van der Waals surface area contributed by atoms with Gasteiger partial charge in [-0.15, -0.1) is 11.8 Å². The number of halogens is 2. The summed E-state index contributed by atoms with van der Waals surface area (Å²) in [5.74, 6) is -1.59. The number of rotatable bonds is 4. The summed E-state index contributed by atoms with van der Waals surface area (Å²) in [6, 6.07) is 2.51. The number of piperidine rings is 1. The predicted molar refractivity (Wildman–Crippen MR) is 78.1 cm³/mol. The molecule has 1 amide bonds. The molecule has 0 radical (unpaired) electrons. The maximum atomic E-state index is 13.7. The van der Waals surface area contributed by atoms with E-state index in [1.165, 1.54) is 13.0 Å². The smallest absolute Gasteiger partial charge is 0.234 e. The van der Waals surface area contributed by atoms with E-state index in [0.717, 1.165) is 32.0 Å². The summed E-state index contributed by atoms with van der Waals surface area (Å²) < 4.78 is 27.3. The molecule has 6 heteroatoms. The third-order valence-electron chi connectivity index (χ3n) is 3.28. The van der Waals surface area contributed by atoms with Crippen molar-refractivity contribution in [2.45, 2.75) is 25.0 Å². The van der Waals surface area contributed by atoms with Crippen molar-refractivity contribution in [3.8, 4) is 0 Å². The molecule has 20 heavy (non-hydrogen) atoms. The molecular formula is C14H18F2N2OS. The van der Waals surface area contributed by atoms with Gasteiger partial charge in [-0.1, -0.05) is 6.07 Å². The standard InChI is InChI=1S/C14H18F2N2OS/c1-9-2-3-11(15)14(13(9)16)18-12(19)8-20-10-4-6-17-7-5-10/h2-3,10,17H,4-8H2,1H3,(H,18,19). The lowest BCUT2D eigenvalue weighted by Gasteiger charge is -2.21. The average molecular weight is 300 g/mol. The molecule has 0 atom stereocenters. The number of amides is 1. The number of carbonyl (C=O) groups excluding carboxylic acids is 1. The van der Waals surface area contributed by atoms with Crippen LogP contribution in [-0.2, 0) is 4.79 Å². The number of carbonyl (C=O) groups is 1. The Labute approximate surface area is 121 Å². The van der Waals surface area contributed by atoms with E-state index in [-0.39, 0.29) is 17.3 Å². The fourth-order valence-corrected chi connectivity index (χ4v) is 3.13. The lowest BCUT2D eigenvalue weighted by Crippen LogP contribution is -2.30. The Morgan fingerprint density at radius 3 is 2.80 bits per heavy atom. The van der Waals surface area contributed by atoms with Crippen molar-refractivity contribution in [2.24, 2.45) is 0 Å². The van der Waals surface area contributed by atoms with Crippen LogP contribution >= 0.6 is 11.8 Å². The highest BCUT2D eigenvalue weighted by atomic mass is 32.2. The van der Waals surface area contributed by atoms with Gasteiger partial charge in [0.05, 0.1) is 5.75 Å². The van der Waals surface area contributed by atoms with Gasteiger partial charge in [0.25, 0.3) is 0 Å². The van der Waals surface area contributed by atoms with Crippen LogP contribution < -0.4 is 10.6 Å². The summed E-state index contributed by atoms with van der Waals surface area (Å²) in [5, 5.41) is 6.02. The summed E-state index contributed by atoms with van der Waals surface area (Å²) in [6.07, 6.45) is 2.04. The van der Waals surface area contributed by atoms with Crippen LogP contribution in [0.1, 0.15) is 18.4 Å². The minimum atomic E-state index is -0.742. The third-order valence-corrected chi connectivity index (χ3v) is 4.66. The number of hydrogen-bond donors (Lipinski definition) is 2. The van der Waals surface area contributed by atoms with Crippen molar-refractivity contribution in [2.75, 3.05) is 24.2 Å². The topological polar surface area (TPSA) is 41.1 Å². The molecule has 110 valence electrons. The van der Waals surface area contributed by atoms with Crippen molar-refractivity contribution < 1.29 is 13.6 Å². The van der Waals surface area contributed by atoms with Crippen LogP contribution in [-0.4, -0.2) is 30.0 Å². The number of nitrogens with one attached hydrogen (secondary N) is 2. The quantitative estimate of drug-likeness (QED) is 0.898. The van der Waals surface area contributed by atoms with Crippen LogP contribution in [0.2, 0.25) is 0 Å². The molecule has 0 aliphatic carbocycles. The predicted octanol–water partition coefficient (Wildman–Crippen LogP) is 2.70. The molecule has 1 saturated heterocycles. The summed E-state index contributed by atoms with van der Waals surface area (Å²) in [6.45, 7) is 3.45. The van der Waals surface area contributed by atoms with Gasteiger partial charge in [-0.05, 0) is 44.5 Å². The molecule has 2 rings (SSSR count). The highest BCUT2D eigenvalue weighted by molar-refractivity contribution is 8.00. The molecule has 3 nitrogen and oxygen atoms in total. The van der Waals surface area contributed by atoms with Gasteiger partial charge in [0.2, 0.25) is 5.91 Å². The third kappa shape index (κ3) is 3.93. The van der Waals surface area contributed by atoms with Crippen LogP contribution in [0.25, 0.3) is 0 Å². The van der Waals surface area contributed by atoms with Crippen LogP contribution in [0.5, 0.6) is 0 Å². The van der Waals surface area contributed by atoms with Gasteiger partial charge < -0.3 is 10.6 Å². The summed E-state index contributed by atoms with van der Waals surface area (Å²) in [5.41, 5.74) is -0.0337. The molecule has 0 bridgehead atoms. The van der Waals surface area contributed by atoms with E-state index in [1.54, 1.807) is 11.8 Å². The van der Waals surface area contributed by atoms with E-state index in [2.05, 4.69) is 10.6 Å². The number of thioether (sulfide) groups is 1. The second-order valence-electron chi connectivity index (χ2n) is 4.86. The Morgan fingerprint density at radius 1 is 1.40 bits per heavy atom. The van der Waals surface area contributed by atoms with E-state index in [0.29, 0.717) is 10.8 Å². The SMILES string of the molecule is Cc1ccc(F)c(NC(=O)CSC2CCNCC2)c1F. The monoisotopic (exact) mass is 300 g/mol.